The molecule has 1 aromatic carbocycles. The lowest BCUT2D eigenvalue weighted by Gasteiger charge is -2.09. The molecule has 1 N–H and O–H groups in total. The fourth-order valence-corrected chi connectivity index (χ4v) is 2.32. The summed E-state index contributed by atoms with van der Waals surface area (Å²) in [7, 11) is 0. The van der Waals surface area contributed by atoms with Gasteiger partial charge in [-0.3, -0.25) is 19.6 Å². The number of amides is 1. The van der Waals surface area contributed by atoms with Crippen molar-refractivity contribution < 1.29 is 9.59 Å². The molecule has 0 spiro atoms. The van der Waals surface area contributed by atoms with Crippen LogP contribution in [0.1, 0.15) is 27.6 Å². The van der Waals surface area contributed by atoms with Crippen molar-refractivity contribution in [2.24, 2.45) is 0 Å². The number of benzene rings is 1. The normalized spacial score (nSPS) is 10.2. The van der Waals surface area contributed by atoms with Crippen LogP contribution in [-0.2, 0) is 0 Å². The summed E-state index contributed by atoms with van der Waals surface area (Å²) < 4.78 is 0. The average molecular weight is 317 g/mol. The highest BCUT2D eigenvalue weighted by molar-refractivity contribution is 6.09. The quantitative estimate of drug-likeness (QED) is 0.746. The molecule has 0 unspecified atom stereocenters. The van der Waals surface area contributed by atoms with Crippen molar-refractivity contribution in [3.05, 3.63) is 78.1 Å². The Morgan fingerprint density at radius 3 is 2.38 bits per heavy atom. The summed E-state index contributed by atoms with van der Waals surface area (Å²) in [4.78, 5) is 32.6. The van der Waals surface area contributed by atoms with E-state index < -0.39 is 0 Å². The maximum Gasteiger partial charge on any atom is 0.255 e. The number of carbonyl (C=O) groups is 2. The number of nitrogens with one attached hydrogen (secondary N) is 1. The molecular weight excluding hydrogens is 302 g/mol. The van der Waals surface area contributed by atoms with E-state index in [2.05, 4.69) is 15.3 Å². The van der Waals surface area contributed by atoms with Crippen LogP contribution in [-0.4, -0.2) is 21.7 Å². The number of hydrogen-bond donors (Lipinski definition) is 1. The molecule has 0 bridgehead atoms. The average Bonchev–Trinajstić information content (AvgIpc) is 2.63. The number of rotatable bonds is 4. The van der Waals surface area contributed by atoms with E-state index in [1.165, 1.54) is 6.92 Å². The van der Waals surface area contributed by atoms with Crippen LogP contribution in [0.3, 0.4) is 0 Å². The van der Waals surface area contributed by atoms with Gasteiger partial charge in [0, 0.05) is 23.5 Å². The summed E-state index contributed by atoms with van der Waals surface area (Å²) in [5.41, 5.74) is 2.72. The minimum Gasteiger partial charge on any atom is -0.321 e. The molecule has 3 aromatic rings. The summed E-state index contributed by atoms with van der Waals surface area (Å²) in [6.45, 7) is 1.47. The van der Waals surface area contributed by atoms with Crippen LogP contribution < -0.4 is 5.32 Å². The van der Waals surface area contributed by atoms with Gasteiger partial charge in [-0.15, -0.1) is 0 Å². The first-order chi connectivity index (χ1) is 11.6. The third-order valence-electron chi connectivity index (χ3n) is 3.50. The van der Waals surface area contributed by atoms with Gasteiger partial charge in [0.2, 0.25) is 0 Å². The van der Waals surface area contributed by atoms with Crippen molar-refractivity contribution in [3.8, 4) is 11.4 Å². The Morgan fingerprint density at radius 1 is 0.875 bits per heavy atom. The molecule has 2 aromatic heterocycles. The van der Waals surface area contributed by atoms with Crippen LogP contribution in [0.15, 0.2) is 67.0 Å². The van der Waals surface area contributed by atoms with Crippen molar-refractivity contribution in [1.29, 1.82) is 0 Å². The van der Waals surface area contributed by atoms with E-state index in [9.17, 15) is 9.59 Å². The van der Waals surface area contributed by atoms with Crippen LogP contribution in [0, 0.1) is 0 Å². The second-order valence-electron chi connectivity index (χ2n) is 5.20. The van der Waals surface area contributed by atoms with Crippen LogP contribution >= 0.6 is 0 Å². The molecule has 118 valence electrons. The Labute approximate surface area is 139 Å². The Bertz CT molecular complexity index is 892. The second-order valence-corrected chi connectivity index (χ2v) is 5.20. The van der Waals surface area contributed by atoms with Gasteiger partial charge in [0.15, 0.2) is 5.78 Å². The number of aromatic nitrogens is 2. The van der Waals surface area contributed by atoms with Crippen molar-refractivity contribution >= 4 is 17.4 Å². The third kappa shape index (κ3) is 3.35. The number of para-hydroxylation sites is 1. The molecule has 5 heteroatoms. The molecule has 1 amide bonds. The Balaban J connectivity index is 1.88. The molecule has 0 radical (unpaired) electrons. The van der Waals surface area contributed by atoms with Crippen LogP contribution in [0.25, 0.3) is 11.4 Å². The molecule has 0 aliphatic carbocycles. The van der Waals surface area contributed by atoms with E-state index in [0.717, 1.165) is 0 Å². The lowest BCUT2D eigenvalue weighted by molar-refractivity contribution is 0.101. The first-order valence-corrected chi connectivity index (χ1v) is 7.44. The molecule has 2 heterocycles. The first kappa shape index (κ1) is 15.6. The van der Waals surface area contributed by atoms with E-state index in [-0.39, 0.29) is 11.7 Å². The topological polar surface area (TPSA) is 72.0 Å². The number of Topliss-reactive ketones (excluding diaryl/α,β-unsaturated/α-hetero) is 1. The van der Waals surface area contributed by atoms with E-state index >= 15 is 0 Å². The fourth-order valence-electron chi connectivity index (χ4n) is 2.32. The number of hydrogen-bond acceptors (Lipinski definition) is 4. The highest BCUT2D eigenvalue weighted by atomic mass is 16.1. The van der Waals surface area contributed by atoms with E-state index in [0.29, 0.717) is 28.2 Å². The molecule has 5 nitrogen and oxygen atoms in total. The summed E-state index contributed by atoms with van der Waals surface area (Å²) in [6, 6.07) is 15.7. The number of pyridine rings is 2. The smallest absolute Gasteiger partial charge is 0.255 e. The number of ketones is 1. The summed E-state index contributed by atoms with van der Waals surface area (Å²) in [6.07, 6.45) is 3.24. The summed E-state index contributed by atoms with van der Waals surface area (Å²) in [5.74, 6) is -0.405. The van der Waals surface area contributed by atoms with Gasteiger partial charge in [0.05, 0.1) is 17.1 Å². The van der Waals surface area contributed by atoms with Gasteiger partial charge >= 0.3 is 0 Å². The van der Waals surface area contributed by atoms with Gasteiger partial charge in [-0.05, 0) is 43.3 Å². The Hall–Kier alpha value is -3.34. The maximum atomic E-state index is 12.5. The highest BCUT2D eigenvalue weighted by Gasteiger charge is 2.12. The number of carbonyl (C=O) groups excluding carboxylic acids is 2. The van der Waals surface area contributed by atoms with Crippen molar-refractivity contribution in [2.45, 2.75) is 6.92 Å². The molecule has 24 heavy (non-hydrogen) atoms. The van der Waals surface area contributed by atoms with Crippen molar-refractivity contribution in [1.82, 2.24) is 9.97 Å². The zero-order valence-corrected chi connectivity index (χ0v) is 13.1. The second kappa shape index (κ2) is 6.83. The lowest BCUT2D eigenvalue weighted by atomic mass is 10.1. The van der Waals surface area contributed by atoms with Crippen LogP contribution in [0.2, 0.25) is 0 Å². The molecular formula is C19H15N3O2. The Morgan fingerprint density at radius 2 is 1.62 bits per heavy atom. The van der Waals surface area contributed by atoms with Crippen molar-refractivity contribution in [2.75, 3.05) is 5.32 Å². The molecule has 0 aliphatic heterocycles. The minimum atomic E-state index is -0.303. The highest BCUT2D eigenvalue weighted by Crippen LogP contribution is 2.19. The maximum absolute atomic E-state index is 12.5. The SMILES string of the molecule is CC(=O)c1ccccc1NC(=O)c1ccnc(-c2ccccn2)c1. The Kier molecular flexibility index (Phi) is 4.43. The predicted octanol–water partition coefficient (Wildman–Crippen LogP) is 3.60. The third-order valence-corrected chi connectivity index (χ3v) is 3.50. The monoisotopic (exact) mass is 317 g/mol. The number of anilines is 1. The zero-order chi connectivity index (χ0) is 16.9. The van der Waals surface area contributed by atoms with E-state index in [4.69, 9.17) is 0 Å². The van der Waals surface area contributed by atoms with Gasteiger partial charge < -0.3 is 5.32 Å². The molecule has 3 rings (SSSR count). The van der Waals surface area contributed by atoms with Gasteiger partial charge in [0.25, 0.3) is 5.91 Å². The van der Waals surface area contributed by atoms with Gasteiger partial charge in [-0.1, -0.05) is 18.2 Å². The zero-order valence-electron chi connectivity index (χ0n) is 13.1. The van der Waals surface area contributed by atoms with Crippen molar-refractivity contribution in [3.63, 3.8) is 0 Å². The molecule has 0 atom stereocenters. The van der Waals surface area contributed by atoms with Gasteiger partial charge in [-0.25, -0.2) is 0 Å². The molecule has 0 fully saturated rings. The first-order valence-electron chi connectivity index (χ1n) is 7.44. The van der Waals surface area contributed by atoms with Gasteiger partial charge in [0.1, 0.15) is 0 Å². The summed E-state index contributed by atoms with van der Waals surface area (Å²) in [5, 5.41) is 2.78. The van der Waals surface area contributed by atoms with E-state index in [1.807, 2.05) is 18.2 Å². The van der Waals surface area contributed by atoms with Crippen LogP contribution in [0.4, 0.5) is 5.69 Å². The minimum absolute atomic E-state index is 0.102. The summed E-state index contributed by atoms with van der Waals surface area (Å²) >= 11 is 0. The largest absolute Gasteiger partial charge is 0.321 e. The fraction of sp³-hybridized carbons (Fsp3) is 0.0526. The molecule has 0 aliphatic rings. The van der Waals surface area contributed by atoms with Crippen LogP contribution in [0.5, 0.6) is 0 Å². The van der Waals surface area contributed by atoms with Gasteiger partial charge in [-0.2, -0.15) is 0 Å². The predicted molar refractivity (Wildman–Crippen MR) is 91.9 cm³/mol. The molecule has 0 saturated heterocycles. The standard InChI is InChI=1S/C19H15N3O2/c1-13(23)15-6-2-3-7-16(15)22-19(24)14-9-11-21-18(12-14)17-8-4-5-10-20-17/h2-12H,1H3,(H,22,24). The van der Waals surface area contributed by atoms with E-state index in [1.54, 1.807) is 48.8 Å². The lowest BCUT2D eigenvalue weighted by Crippen LogP contribution is -2.14. The number of nitrogens with zero attached hydrogens (tertiary/aromatic N) is 2. The molecule has 0 saturated carbocycles.